The van der Waals surface area contributed by atoms with Gasteiger partial charge in [-0.1, -0.05) is 31.2 Å². The number of carbonyl (C=O) groups excluding carboxylic acids is 2. The smallest absolute Gasteiger partial charge is 0.233 e. The van der Waals surface area contributed by atoms with Crippen molar-refractivity contribution in [2.45, 2.75) is 39.0 Å². The van der Waals surface area contributed by atoms with E-state index in [-0.39, 0.29) is 65.4 Å². The molecule has 1 aromatic rings. The lowest BCUT2D eigenvalue weighted by Gasteiger charge is -2.18. The van der Waals surface area contributed by atoms with E-state index in [0.717, 1.165) is 18.7 Å². The van der Waals surface area contributed by atoms with Gasteiger partial charge in [0.2, 0.25) is 17.7 Å². The third kappa shape index (κ3) is 4.78. The molecule has 4 atom stereocenters. The lowest BCUT2D eigenvalue weighted by Crippen LogP contribution is -2.44. The highest BCUT2D eigenvalue weighted by atomic mass is 127. The maximum Gasteiger partial charge on any atom is 0.233 e. The van der Waals surface area contributed by atoms with Crippen LogP contribution in [-0.2, 0) is 16.0 Å². The Balaban J connectivity index is 0.00000272. The van der Waals surface area contributed by atoms with Gasteiger partial charge in [-0.2, -0.15) is 4.98 Å². The van der Waals surface area contributed by atoms with Crippen LogP contribution in [0.5, 0.6) is 0 Å². The second-order valence-corrected chi connectivity index (χ2v) is 8.56. The number of carbonyl (C=O) groups is 2. The van der Waals surface area contributed by atoms with Crippen LogP contribution in [0, 0.1) is 23.7 Å². The van der Waals surface area contributed by atoms with Crippen LogP contribution >= 0.6 is 24.0 Å². The summed E-state index contributed by atoms with van der Waals surface area (Å²) >= 11 is 0. The van der Waals surface area contributed by atoms with Crippen LogP contribution in [0.4, 0.5) is 0 Å². The SMILES string of the molecule is CN=C(NCCCc1nc(C(C)C)no1)NCCN1C(=O)C2C3C=CC(C3)C2C1=O.I. The first kappa shape index (κ1) is 23.7. The second kappa shape index (κ2) is 10.1. The summed E-state index contributed by atoms with van der Waals surface area (Å²) in [5.74, 6) is 2.49. The third-order valence-electron chi connectivity index (χ3n) is 6.27. The molecular formula is C21H31IN6O3. The van der Waals surface area contributed by atoms with Crippen LogP contribution in [0.3, 0.4) is 0 Å². The molecule has 0 radical (unpaired) electrons. The summed E-state index contributed by atoms with van der Waals surface area (Å²) in [6, 6.07) is 0. The fourth-order valence-corrected chi connectivity index (χ4v) is 4.74. The van der Waals surface area contributed by atoms with E-state index in [1.807, 2.05) is 13.8 Å². The minimum atomic E-state index is -0.133. The molecular weight excluding hydrogens is 511 g/mol. The molecule has 1 aromatic heterocycles. The second-order valence-electron chi connectivity index (χ2n) is 8.56. The zero-order valence-corrected chi connectivity index (χ0v) is 20.5. The Bertz CT molecular complexity index is 837. The van der Waals surface area contributed by atoms with Gasteiger partial charge in [-0.05, 0) is 24.7 Å². The summed E-state index contributed by atoms with van der Waals surface area (Å²) in [4.78, 5) is 35.4. The summed E-state index contributed by atoms with van der Waals surface area (Å²) in [6.07, 6.45) is 6.70. The van der Waals surface area contributed by atoms with Crippen molar-refractivity contribution in [2.24, 2.45) is 28.7 Å². The van der Waals surface area contributed by atoms with Crippen LogP contribution in [0.25, 0.3) is 0 Å². The molecule has 1 saturated carbocycles. The van der Waals surface area contributed by atoms with E-state index in [2.05, 4.69) is 37.9 Å². The monoisotopic (exact) mass is 542 g/mol. The van der Waals surface area contributed by atoms with Crippen LogP contribution in [0.15, 0.2) is 21.7 Å². The predicted molar refractivity (Wildman–Crippen MR) is 126 cm³/mol. The Hall–Kier alpha value is -1.98. The Kier molecular flexibility index (Phi) is 7.71. The summed E-state index contributed by atoms with van der Waals surface area (Å²) in [5.41, 5.74) is 0. The Morgan fingerprint density at radius 2 is 1.84 bits per heavy atom. The highest BCUT2D eigenvalue weighted by molar-refractivity contribution is 14.0. The topological polar surface area (TPSA) is 113 Å². The fourth-order valence-electron chi connectivity index (χ4n) is 4.74. The standard InChI is InChI=1S/C21H30N6O3.HI/c1-12(2)18-25-15(30-26-18)5-4-8-23-21(22-3)24-9-10-27-19(28)16-13-6-7-14(11-13)17(16)20(27)29;/h6-7,12-14,16-17H,4-5,8-11H2,1-3H3,(H2,22,23,24);1H. The largest absolute Gasteiger partial charge is 0.356 e. The number of hydrogen-bond acceptors (Lipinski definition) is 6. The molecule has 3 aliphatic rings. The first-order valence-electron chi connectivity index (χ1n) is 10.8. The Morgan fingerprint density at radius 1 is 1.19 bits per heavy atom. The molecule has 2 amide bonds. The van der Waals surface area contributed by atoms with E-state index >= 15 is 0 Å². The Morgan fingerprint density at radius 3 is 2.42 bits per heavy atom. The molecule has 9 nitrogen and oxygen atoms in total. The lowest BCUT2D eigenvalue weighted by atomic mass is 9.85. The Labute approximate surface area is 199 Å². The molecule has 1 saturated heterocycles. The molecule has 170 valence electrons. The first-order chi connectivity index (χ1) is 14.5. The van der Waals surface area contributed by atoms with Gasteiger partial charge in [0.05, 0.1) is 11.8 Å². The van der Waals surface area contributed by atoms with Crippen LogP contribution in [0.2, 0.25) is 0 Å². The fraction of sp³-hybridized carbons (Fsp3) is 0.667. The first-order valence-corrected chi connectivity index (χ1v) is 10.8. The highest BCUT2D eigenvalue weighted by Gasteiger charge is 2.58. The summed E-state index contributed by atoms with van der Waals surface area (Å²) in [6.45, 7) is 5.59. The number of nitrogens with one attached hydrogen (secondary N) is 2. The van der Waals surface area contributed by atoms with Crippen molar-refractivity contribution in [1.82, 2.24) is 25.7 Å². The van der Waals surface area contributed by atoms with Crippen LogP contribution in [-0.4, -0.2) is 59.5 Å². The predicted octanol–water partition coefficient (Wildman–Crippen LogP) is 1.72. The van der Waals surface area contributed by atoms with Crippen molar-refractivity contribution in [3.63, 3.8) is 0 Å². The number of amides is 2. The number of allylic oxidation sites excluding steroid dienone is 2. The molecule has 2 N–H and O–H groups in total. The van der Waals surface area contributed by atoms with Crippen LogP contribution < -0.4 is 10.6 Å². The molecule has 1 aliphatic heterocycles. The lowest BCUT2D eigenvalue weighted by molar-refractivity contribution is -0.140. The number of imide groups is 1. The number of likely N-dealkylation sites (tertiary alicyclic amines) is 1. The third-order valence-corrected chi connectivity index (χ3v) is 6.27. The maximum absolute atomic E-state index is 12.7. The van der Waals surface area contributed by atoms with Crippen molar-refractivity contribution in [3.8, 4) is 0 Å². The number of fused-ring (bicyclic) bond motifs is 5. The van der Waals surface area contributed by atoms with Crippen LogP contribution in [0.1, 0.15) is 44.3 Å². The van der Waals surface area contributed by atoms with E-state index < -0.39 is 0 Å². The summed E-state index contributed by atoms with van der Waals surface area (Å²) in [7, 11) is 1.70. The van der Waals surface area contributed by atoms with Gasteiger partial charge >= 0.3 is 0 Å². The number of hydrogen-bond donors (Lipinski definition) is 2. The van der Waals surface area contributed by atoms with E-state index in [4.69, 9.17) is 4.52 Å². The number of nitrogens with zero attached hydrogens (tertiary/aromatic N) is 4. The number of halogens is 1. The normalized spacial score (nSPS) is 26.6. The van der Waals surface area contributed by atoms with Crippen molar-refractivity contribution >= 4 is 41.8 Å². The molecule has 0 spiro atoms. The number of aliphatic imine (C=N–C) groups is 1. The molecule has 2 heterocycles. The van der Waals surface area contributed by atoms with Gasteiger partial charge in [0.1, 0.15) is 0 Å². The van der Waals surface area contributed by atoms with E-state index in [1.54, 1.807) is 7.05 Å². The van der Waals surface area contributed by atoms with E-state index in [0.29, 0.717) is 37.9 Å². The summed E-state index contributed by atoms with van der Waals surface area (Å²) < 4.78 is 5.24. The summed E-state index contributed by atoms with van der Waals surface area (Å²) in [5, 5.41) is 10.4. The molecule has 2 aliphatic carbocycles. The molecule has 31 heavy (non-hydrogen) atoms. The van der Waals surface area contributed by atoms with Crippen molar-refractivity contribution in [2.75, 3.05) is 26.7 Å². The average molecular weight is 542 g/mol. The van der Waals surface area contributed by atoms with Gasteiger partial charge in [0, 0.05) is 39.0 Å². The molecule has 4 rings (SSSR count). The maximum atomic E-state index is 12.7. The van der Waals surface area contributed by atoms with E-state index in [9.17, 15) is 9.59 Å². The minimum Gasteiger partial charge on any atom is -0.356 e. The minimum absolute atomic E-state index is 0. The number of guanidine groups is 1. The number of aromatic nitrogens is 2. The van der Waals surface area contributed by atoms with Gasteiger partial charge in [0.25, 0.3) is 0 Å². The average Bonchev–Trinajstić information content (AvgIpc) is 3.50. The number of rotatable bonds is 8. The molecule has 10 heteroatoms. The molecule has 2 bridgehead atoms. The van der Waals surface area contributed by atoms with Crippen molar-refractivity contribution in [1.29, 1.82) is 0 Å². The quantitative estimate of drug-likeness (QED) is 0.129. The van der Waals surface area contributed by atoms with E-state index in [1.165, 1.54) is 4.90 Å². The van der Waals surface area contributed by atoms with Gasteiger partial charge < -0.3 is 15.2 Å². The molecule has 4 unspecified atom stereocenters. The van der Waals surface area contributed by atoms with Gasteiger partial charge in [0.15, 0.2) is 11.8 Å². The molecule has 2 fully saturated rings. The van der Waals surface area contributed by atoms with Gasteiger partial charge in [-0.15, -0.1) is 24.0 Å². The zero-order valence-electron chi connectivity index (χ0n) is 18.2. The van der Waals surface area contributed by atoms with Gasteiger partial charge in [-0.3, -0.25) is 19.5 Å². The zero-order chi connectivity index (χ0) is 21.3. The number of aryl methyl sites for hydroxylation is 1. The highest BCUT2D eigenvalue weighted by Crippen LogP contribution is 2.52. The van der Waals surface area contributed by atoms with Crippen molar-refractivity contribution < 1.29 is 14.1 Å². The van der Waals surface area contributed by atoms with Gasteiger partial charge in [-0.25, -0.2) is 0 Å². The van der Waals surface area contributed by atoms with Crippen molar-refractivity contribution in [3.05, 3.63) is 23.9 Å². The molecule has 0 aromatic carbocycles.